The Morgan fingerprint density at radius 3 is 2.43 bits per heavy atom. The fourth-order valence-electron chi connectivity index (χ4n) is 5.28. The van der Waals surface area contributed by atoms with E-state index in [0.717, 1.165) is 41.5 Å². The SMILES string of the molecule is COc1ccc(CCN2C(=O)N(C(C)C)C(=O)C23CCN(Cc2nc4ccccc4s2)CC3)cc1. The van der Waals surface area contributed by atoms with Gasteiger partial charge < -0.3 is 9.64 Å². The molecule has 0 unspecified atom stereocenters. The molecular weight excluding hydrogens is 460 g/mol. The number of carbonyl (C=O) groups is 2. The number of methoxy groups -OCH3 is 1. The summed E-state index contributed by atoms with van der Waals surface area (Å²) < 4.78 is 6.45. The summed E-state index contributed by atoms with van der Waals surface area (Å²) in [6.45, 7) is 6.66. The molecule has 3 amide bonds. The van der Waals surface area contributed by atoms with Crippen molar-refractivity contribution in [3.05, 3.63) is 59.1 Å². The minimum Gasteiger partial charge on any atom is -0.497 e. The van der Waals surface area contributed by atoms with E-state index < -0.39 is 5.54 Å². The standard InChI is InChI=1S/C27H32N4O3S/c1-19(2)31-25(32)27(30(26(31)33)15-12-20-8-10-21(34-3)11-9-20)13-16-29(17-14-27)18-24-28-22-6-4-5-7-23(22)35-24/h4-11,19H,12-18H2,1-3H3. The van der Waals surface area contributed by atoms with Crippen molar-refractivity contribution in [2.45, 2.75) is 51.2 Å². The molecule has 2 saturated heterocycles. The van der Waals surface area contributed by atoms with Crippen LogP contribution in [0.3, 0.4) is 0 Å². The molecule has 7 nitrogen and oxygen atoms in total. The van der Waals surface area contributed by atoms with Crippen molar-refractivity contribution in [3.8, 4) is 5.75 Å². The number of aromatic nitrogens is 1. The van der Waals surface area contributed by atoms with Gasteiger partial charge in [-0.25, -0.2) is 9.78 Å². The number of carbonyl (C=O) groups excluding carboxylic acids is 2. The molecule has 3 aromatic rings. The topological polar surface area (TPSA) is 66.0 Å². The van der Waals surface area contributed by atoms with Gasteiger partial charge >= 0.3 is 6.03 Å². The number of thiazole rings is 1. The summed E-state index contributed by atoms with van der Waals surface area (Å²) in [6, 6.07) is 15.8. The van der Waals surface area contributed by atoms with Gasteiger partial charge in [-0.3, -0.25) is 14.6 Å². The minimum atomic E-state index is -0.752. The fourth-order valence-corrected chi connectivity index (χ4v) is 6.29. The van der Waals surface area contributed by atoms with Crippen LogP contribution in [0.4, 0.5) is 4.79 Å². The maximum atomic E-state index is 13.6. The molecule has 0 aliphatic carbocycles. The van der Waals surface area contributed by atoms with Crippen LogP contribution in [0.2, 0.25) is 0 Å². The smallest absolute Gasteiger partial charge is 0.327 e. The van der Waals surface area contributed by atoms with Gasteiger partial charge in [-0.05, 0) is 62.9 Å². The van der Waals surface area contributed by atoms with E-state index in [1.54, 1.807) is 18.4 Å². The van der Waals surface area contributed by atoms with Crippen molar-refractivity contribution < 1.29 is 14.3 Å². The number of fused-ring (bicyclic) bond motifs is 1. The molecule has 0 atom stereocenters. The van der Waals surface area contributed by atoms with Crippen molar-refractivity contribution in [1.29, 1.82) is 0 Å². The molecule has 2 aromatic carbocycles. The van der Waals surface area contributed by atoms with E-state index in [0.29, 0.717) is 25.8 Å². The van der Waals surface area contributed by atoms with Gasteiger partial charge in [0.1, 0.15) is 16.3 Å². The number of ether oxygens (including phenoxy) is 1. The number of benzene rings is 2. The third kappa shape index (κ3) is 4.41. The monoisotopic (exact) mass is 492 g/mol. The summed E-state index contributed by atoms with van der Waals surface area (Å²) in [5.41, 5.74) is 1.41. The number of likely N-dealkylation sites (tertiary alicyclic amines) is 1. The number of amides is 3. The van der Waals surface area contributed by atoms with Crippen LogP contribution < -0.4 is 4.74 Å². The molecule has 3 heterocycles. The molecule has 5 rings (SSSR count). The number of piperidine rings is 1. The Labute approximate surface area is 210 Å². The Bertz CT molecular complexity index is 1180. The maximum absolute atomic E-state index is 13.6. The molecule has 1 aromatic heterocycles. The van der Waals surface area contributed by atoms with Crippen molar-refractivity contribution in [2.75, 3.05) is 26.7 Å². The molecule has 0 radical (unpaired) electrons. The van der Waals surface area contributed by atoms with E-state index in [1.807, 2.05) is 61.2 Å². The number of hydrogen-bond donors (Lipinski definition) is 0. The summed E-state index contributed by atoms with van der Waals surface area (Å²) >= 11 is 1.73. The highest BCUT2D eigenvalue weighted by atomic mass is 32.1. The molecule has 0 bridgehead atoms. The maximum Gasteiger partial charge on any atom is 0.327 e. The average Bonchev–Trinajstić information content (AvgIpc) is 3.35. The van der Waals surface area contributed by atoms with Gasteiger partial charge in [0.15, 0.2) is 0 Å². The normalized spacial score (nSPS) is 18.4. The lowest BCUT2D eigenvalue weighted by molar-refractivity contribution is -0.136. The molecule has 2 fully saturated rings. The molecule has 0 saturated carbocycles. The lowest BCUT2D eigenvalue weighted by Crippen LogP contribution is -2.56. The predicted molar refractivity (Wildman–Crippen MR) is 138 cm³/mol. The van der Waals surface area contributed by atoms with Gasteiger partial charge in [-0.2, -0.15) is 0 Å². The number of urea groups is 1. The lowest BCUT2D eigenvalue weighted by Gasteiger charge is -2.42. The first-order valence-electron chi connectivity index (χ1n) is 12.3. The highest BCUT2D eigenvalue weighted by Crippen LogP contribution is 2.39. The molecule has 1 spiro atoms. The van der Waals surface area contributed by atoms with Crippen LogP contribution >= 0.6 is 11.3 Å². The van der Waals surface area contributed by atoms with Crippen molar-refractivity contribution >= 4 is 33.5 Å². The fraction of sp³-hybridized carbons (Fsp3) is 0.444. The van der Waals surface area contributed by atoms with Crippen LogP contribution in [-0.4, -0.2) is 69.9 Å². The zero-order valence-corrected chi connectivity index (χ0v) is 21.4. The van der Waals surface area contributed by atoms with Crippen LogP contribution in [0.5, 0.6) is 5.75 Å². The predicted octanol–water partition coefficient (Wildman–Crippen LogP) is 4.55. The molecular formula is C27H32N4O3S. The second-order valence-corrected chi connectivity index (χ2v) is 10.8. The highest BCUT2D eigenvalue weighted by Gasteiger charge is 2.58. The van der Waals surface area contributed by atoms with Gasteiger partial charge in [-0.1, -0.05) is 24.3 Å². The summed E-state index contributed by atoms with van der Waals surface area (Å²) in [5, 5.41) is 1.09. The molecule has 2 aliphatic heterocycles. The number of para-hydroxylation sites is 1. The minimum absolute atomic E-state index is 0.0353. The van der Waals surface area contributed by atoms with Gasteiger partial charge in [0.25, 0.3) is 5.91 Å². The summed E-state index contributed by atoms with van der Waals surface area (Å²) in [7, 11) is 1.65. The number of hydrogen-bond acceptors (Lipinski definition) is 6. The third-order valence-corrected chi connectivity index (χ3v) is 8.27. The Balaban J connectivity index is 1.31. The van der Waals surface area contributed by atoms with E-state index in [1.165, 1.54) is 9.60 Å². The van der Waals surface area contributed by atoms with Crippen molar-refractivity contribution in [1.82, 2.24) is 19.7 Å². The van der Waals surface area contributed by atoms with Gasteiger partial charge in [0, 0.05) is 25.7 Å². The van der Waals surface area contributed by atoms with Gasteiger partial charge in [0.05, 0.1) is 23.9 Å². The van der Waals surface area contributed by atoms with Crippen LogP contribution in [0.1, 0.15) is 37.3 Å². The van der Waals surface area contributed by atoms with E-state index in [9.17, 15) is 9.59 Å². The van der Waals surface area contributed by atoms with E-state index in [4.69, 9.17) is 9.72 Å². The third-order valence-electron chi connectivity index (χ3n) is 7.25. The average molecular weight is 493 g/mol. The number of imide groups is 1. The summed E-state index contributed by atoms with van der Waals surface area (Å²) in [6.07, 6.45) is 1.99. The van der Waals surface area contributed by atoms with Crippen molar-refractivity contribution in [2.24, 2.45) is 0 Å². The molecule has 184 valence electrons. The molecule has 2 aliphatic rings. The zero-order chi connectivity index (χ0) is 24.6. The quantitative estimate of drug-likeness (QED) is 0.453. The largest absolute Gasteiger partial charge is 0.497 e. The van der Waals surface area contributed by atoms with Gasteiger partial charge in [0.2, 0.25) is 0 Å². The summed E-state index contributed by atoms with van der Waals surface area (Å²) in [4.78, 5) is 37.5. The second-order valence-electron chi connectivity index (χ2n) is 9.68. The van der Waals surface area contributed by atoms with Crippen LogP contribution in [-0.2, 0) is 17.8 Å². The first kappa shape index (κ1) is 23.8. The Kier molecular flexibility index (Phi) is 6.51. The second kappa shape index (κ2) is 9.59. The molecule has 0 N–H and O–H groups in total. The Morgan fingerprint density at radius 2 is 1.77 bits per heavy atom. The Hall–Kier alpha value is -2.97. The molecule has 8 heteroatoms. The molecule has 35 heavy (non-hydrogen) atoms. The van der Waals surface area contributed by atoms with Crippen LogP contribution in [0.15, 0.2) is 48.5 Å². The van der Waals surface area contributed by atoms with Gasteiger partial charge in [-0.15, -0.1) is 11.3 Å². The van der Waals surface area contributed by atoms with E-state index in [2.05, 4.69) is 11.0 Å². The first-order valence-corrected chi connectivity index (χ1v) is 13.1. The van der Waals surface area contributed by atoms with Crippen molar-refractivity contribution in [3.63, 3.8) is 0 Å². The first-order chi connectivity index (χ1) is 16.9. The van der Waals surface area contributed by atoms with Crippen LogP contribution in [0, 0.1) is 0 Å². The summed E-state index contributed by atoms with van der Waals surface area (Å²) in [5.74, 6) is 0.774. The number of nitrogens with zero attached hydrogens (tertiary/aromatic N) is 4. The lowest BCUT2D eigenvalue weighted by atomic mass is 9.85. The van der Waals surface area contributed by atoms with E-state index >= 15 is 0 Å². The van der Waals surface area contributed by atoms with E-state index in [-0.39, 0.29) is 18.0 Å². The highest BCUT2D eigenvalue weighted by molar-refractivity contribution is 7.18. The Morgan fingerprint density at radius 1 is 1.06 bits per heavy atom. The zero-order valence-electron chi connectivity index (χ0n) is 20.6. The van der Waals surface area contributed by atoms with Crippen LogP contribution in [0.25, 0.3) is 10.2 Å². The number of rotatable bonds is 7.